The van der Waals surface area contributed by atoms with Gasteiger partial charge in [0.15, 0.2) is 4.77 Å². The number of aromatic amines is 1. The maximum Gasteiger partial charge on any atom is 0.269 e. The summed E-state index contributed by atoms with van der Waals surface area (Å²) in [6.07, 6.45) is 0. The number of benzene rings is 1. The minimum absolute atomic E-state index is 0.00308. The molecule has 3 aromatic rings. The number of nitrogens with two attached hydrogens (primary N) is 1. The van der Waals surface area contributed by atoms with Crippen molar-refractivity contribution in [3.05, 3.63) is 45.0 Å². The Morgan fingerprint density at radius 2 is 1.84 bits per heavy atom. The Labute approximate surface area is 146 Å². The number of hydrogen-bond acceptors (Lipinski definition) is 7. The lowest BCUT2D eigenvalue weighted by Gasteiger charge is -2.09. The number of methoxy groups -OCH3 is 2. The van der Waals surface area contributed by atoms with Crippen molar-refractivity contribution in [1.82, 2.24) is 19.5 Å². The maximum absolute atomic E-state index is 12.8. The summed E-state index contributed by atoms with van der Waals surface area (Å²) in [6.45, 7) is 0. The molecule has 0 aliphatic carbocycles. The molecule has 0 spiro atoms. The normalized spacial score (nSPS) is 10.6. The smallest absolute Gasteiger partial charge is 0.269 e. The molecular weight excluding hydrogens is 346 g/mol. The van der Waals surface area contributed by atoms with E-state index < -0.39 is 11.5 Å². The third-order valence-electron chi connectivity index (χ3n) is 3.47. The quantitative estimate of drug-likeness (QED) is 0.664. The third-order valence-corrected chi connectivity index (χ3v) is 3.75. The molecule has 0 unspecified atom stereocenters. The predicted octanol–water partition coefficient (Wildman–Crippen LogP) is 0.954. The molecule has 1 aromatic carbocycles. The van der Waals surface area contributed by atoms with Gasteiger partial charge in [-0.2, -0.15) is 9.97 Å². The summed E-state index contributed by atoms with van der Waals surface area (Å²) < 4.78 is 11.3. The molecule has 3 rings (SSSR count). The summed E-state index contributed by atoms with van der Waals surface area (Å²) in [6, 6.07) is 5.88. The first kappa shape index (κ1) is 16.6. The minimum atomic E-state index is -0.605. The van der Waals surface area contributed by atoms with Crippen LogP contribution in [0.1, 0.15) is 10.4 Å². The Morgan fingerprint density at radius 3 is 2.40 bits per heavy atom. The van der Waals surface area contributed by atoms with Gasteiger partial charge in [0.05, 0.1) is 31.2 Å². The van der Waals surface area contributed by atoms with E-state index >= 15 is 0 Å². The van der Waals surface area contributed by atoms with E-state index in [-0.39, 0.29) is 28.0 Å². The van der Waals surface area contributed by atoms with Gasteiger partial charge < -0.3 is 20.2 Å². The number of nitrogens with zero attached hydrogens (tertiary/aromatic N) is 3. The fraction of sp³-hybridized carbons (Fsp3) is 0.133. The van der Waals surface area contributed by atoms with Crippen LogP contribution in [0.3, 0.4) is 0 Å². The zero-order valence-corrected chi connectivity index (χ0v) is 14.1. The van der Waals surface area contributed by atoms with Gasteiger partial charge in [-0.05, 0) is 30.4 Å². The first-order valence-corrected chi connectivity index (χ1v) is 7.41. The number of H-pyrrole nitrogens is 1. The number of rotatable bonds is 4. The fourth-order valence-electron chi connectivity index (χ4n) is 2.25. The summed E-state index contributed by atoms with van der Waals surface area (Å²) in [5.41, 5.74) is 5.45. The topological polar surface area (TPSA) is 125 Å². The number of carbonyl (C=O) groups excluding carboxylic acids is 1. The predicted molar refractivity (Wildman–Crippen MR) is 91.9 cm³/mol. The van der Waals surface area contributed by atoms with E-state index in [1.807, 2.05) is 0 Å². The second-order valence-electron chi connectivity index (χ2n) is 4.95. The molecule has 0 saturated carbocycles. The molecule has 25 heavy (non-hydrogen) atoms. The van der Waals surface area contributed by atoms with Crippen molar-refractivity contribution in [2.75, 3.05) is 14.2 Å². The highest BCUT2D eigenvalue weighted by Crippen LogP contribution is 2.17. The van der Waals surface area contributed by atoms with Crippen LogP contribution >= 0.6 is 12.2 Å². The number of primary amides is 1. The molecule has 10 heteroatoms. The Bertz CT molecular complexity index is 1080. The van der Waals surface area contributed by atoms with Gasteiger partial charge in [0.25, 0.3) is 5.56 Å². The molecule has 0 radical (unpaired) electrons. The number of hydrogen-bond donors (Lipinski definition) is 2. The van der Waals surface area contributed by atoms with E-state index in [9.17, 15) is 9.59 Å². The first-order valence-electron chi connectivity index (χ1n) is 7.01. The standard InChI is InChI=1S/C15H13N5O4S/c1-23-10-6-11(24-2)19-14(18-10)20-13(22)8-4-3-7(12(16)21)5-9(8)17-15(20)25/h3-6H,1-2H3,(H2,16,21)(H,17,25). The van der Waals surface area contributed by atoms with Crippen molar-refractivity contribution in [2.45, 2.75) is 0 Å². The molecule has 128 valence electrons. The van der Waals surface area contributed by atoms with Crippen molar-refractivity contribution in [3.8, 4) is 17.7 Å². The largest absolute Gasteiger partial charge is 0.481 e. The van der Waals surface area contributed by atoms with E-state index in [0.717, 1.165) is 4.57 Å². The van der Waals surface area contributed by atoms with E-state index in [0.29, 0.717) is 10.9 Å². The zero-order valence-electron chi connectivity index (χ0n) is 13.3. The average Bonchev–Trinajstić information content (AvgIpc) is 2.60. The SMILES string of the molecule is COc1cc(OC)nc(-n2c(=S)[nH]c3cc(C(N)=O)ccc3c2=O)n1. The van der Waals surface area contributed by atoms with Gasteiger partial charge >= 0.3 is 0 Å². The van der Waals surface area contributed by atoms with Crippen molar-refractivity contribution < 1.29 is 14.3 Å². The van der Waals surface area contributed by atoms with Crippen LogP contribution in [0.5, 0.6) is 11.8 Å². The van der Waals surface area contributed by atoms with Crippen LogP contribution in [-0.2, 0) is 0 Å². The number of carbonyl (C=O) groups is 1. The van der Waals surface area contributed by atoms with E-state index in [2.05, 4.69) is 15.0 Å². The summed E-state index contributed by atoms with van der Waals surface area (Å²) in [5, 5.41) is 0.295. The second-order valence-corrected chi connectivity index (χ2v) is 5.33. The van der Waals surface area contributed by atoms with Crippen LogP contribution in [0.4, 0.5) is 0 Å². The molecular formula is C15H13N5O4S. The molecule has 0 aliphatic heterocycles. The highest BCUT2D eigenvalue weighted by Gasteiger charge is 2.14. The zero-order chi connectivity index (χ0) is 18.1. The van der Waals surface area contributed by atoms with Gasteiger partial charge in [0.2, 0.25) is 23.6 Å². The second kappa shape index (κ2) is 6.32. The molecule has 0 atom stereocenters. The summed E-state index contributed by atoms with van der Waals surface area (Å²) >= 11 is 5.25. The molecule has 0 aliphatic rings. The molecule has 1 amide bonds. The molecule has 9 nitrogen and oxygen atoms in total. The molecule has 2 heterocycles. The number of amides is 1. The third kappa shape index (κ3) is 2.94. The minimum Gasteiger partial charge on any atom is -0.481 e. The monoisotopic (exact) mass is 359 g/mol. The van der Waals surface area contributed by atoms with Crippen molar-refractivity contribution in [1.29, 1.82) is 0 Å². The Balaban J connectivity index is 2.31. The summed E-state index contributed by atoms with van der Waals surface area (Å²) in [4.78, 5) is 35.3. The summed E-state index contributed by atoms with van der Waals surface area (Å²) in [7, 11) is 2.86. The molecule has 3 N–H and O–H groups in total. The lowest BCUT2D eigenvalue weighted by Crippen LogP contribution is -2.23. The first-order chi connectivity index (χ1) is 11.9. The van der Waals surface area contributed by atoms with Gasteiger partial charge in [-0.15, -0.1) is 0 Å². The van der Waals surface area contributed by atoms with Crippen LogP contribution in [0.25, 0.3) is 16.9 Å². The van der Waals surface area contributed by atoms with Crippen LogP contribution in [0, 0.1) is 4.77 Å². The Morgan fingerprint density at radius 1 is 1.20 bits per heavy atom. The molecule has 2 aromatic heterocycles. The highest BCUT2D eigenvalue weighted by atomic mass is 32.1. The van der Waals surface area contributed by atoms with Crippen molar-refractivity contribution in [3.63, 3.8) is 0 Å². The Hall–Kier alpha value is -3.27. The maximum atomic E-state index is 12.8. The average molecular weight is 359 g/mol. The van der Waals surface area contributed by atoms with Crippen LogP contribution in [0.15, 0.2) is 29.1 Å². The van der Waals surface area contributed by atoms with Crippen molar-refractivity contribution in [2.24, 2.45) is 5.73 Å². The van der Waals surface area contributed by atoms with Gasteiger partial charge in [-0.3, -0.25) is 9.59 Å². The van der Waals surface area contributed by atoms with E-state index in [4.69, 9.17) is 27.4 Å². The number of aromatic nitrogens is 4. The number of ether oxygens (including phenoxy) is 2. The van der Waals surface area contributed by atoms with Crippen molar-refractivity contribution >= 4 is 29.0 Å². The number of nitrogens with one attached hydrogen (secondary N) is 1. The molecule has 0 fully saturated rings. The van der Waals surface area contributed by atoms with Crippen LogP contribution in [0.2, 0.25) is 0 Å². The van der Waals surface area contributed by atoms with E-state index in [1.165, 1.54) is 38.5 Å². The lowest BCUT2D eigenvalue weighted by atomic mass is 10.1. The fourth-order valence-corrected chi connectivity index (χ4v) is 2.53. The van der Waals surface area contributed by atoms with Crippen LogP contribution < -0.4 is 20.8 Å². The number of fused-ring (bicyclic) bond motifs is 1. The Kier molecular flexibility index (Phi) is 4.19. The van der Waals surface area contributed by atoms with Gasteiger partial charge in [0.1, 0.15) is 0 Å². The van der Waals surface area contributed by atoms with Gasteiger partial charge in [0, 0.05) is 5.56 Å². The van der Waals surface area contributed by atoms with Crippen LogP contribution in [-0.4, -0.2) is 39.6 Å². The lowest BCUT2D eigenvalue weighted by molar-refractivity contribution is 0.100. The highest BCUT2D eigenvalue weighted by molar-refractivity contribution is 7.71. The summed E-state index contributed by atoms with van der Waals surface area (Å²) in [5.74, 6) is -0.172. The molecule has 0 bridgehead atoms. The van der Waals surface area contributed by atoms with Gasteiger partial charge in [-0.25, -0.2) is 4.57 Å². The van der Waals surface area contributed by atoms with Gasteiger partial charge in [-0.1, -0.05) is 0 Å². The molecule has 0 saturated heterocycles. The van der Waals surface area contributed by atoms with E-state index in [1.54, 1.807) is 0 Å².